The highest BCUT2D eigenvalue weighted by Gasteiger charge is 2.16. The first-order valence-electron chi connectivity index (χ1n) is 4.41. The van der Waals surface area contributed by atoms with E-state index in [2.05, 4.69) is 10.2 Å². The number of nitrogens with zero attached hydrogens (tertiary/aromatic N) is 2. The Morgan fingerprint density at radius 2 is 2.21 bits per heavy atom. The second kappa shape index (κ2) is 3.62. The standard InChI is InChI=1S/C10H13N3O/c1-10(2,3)8-6-7(4-5-11)9(14)13-12-8/h6H,4H2,1-3H3,(H,13,14). The molecule has 0 aliphatic carbocycles. The van der Waals surface area contributed by atoms with Crippen LogP contribution in [0.2, 0.25) is 0 Å². The second-order valence-corrected chi connectivity index (χ2v) is 4.19. The van der Waals surface area contributed by atoms with Crippen LogP contribution in [0.4, 0.5) is 0 Å². The van der Waals surface area contributed by atoms with Gasteiger partial charge in [0.15, 0.2) is 0 Å². The van der Waals surface area contributed by atoms with Crippen LogP contribution >= 0.6 is 0 Å². The predicted octanol–water partition coefficient (Wildman–Crippen LogP) is 1.13. The summed E-state index contributed by atoms with van der Waals surface area (Å²) < 4.78 is 0. The lowest BCUT2D eigenvalue weighted by Gasteiger charge is -2.16. The van der Waals surface area contributed by atoms with E-state index in [0.29, 0.717) is 5.56 Å². The van der Waals surface area contributed by atoms with E-state index >= 15 is 0 Å². The molecule has 0 aliphatic rings. The van der Waals surface area contributed by atoms with Crippen LogP contribution in [0.5, 0.6) is 0 Å². The average molecular weight is 191 g/mol. The maximum absolute atomic E-state index is 11.2. The van der Waals surface area contributed by atoms with Crippen LogP contribution in [0.15, 0.2) is 10.9 Å². The molecule has 0 bridgehead atoms. The molecular weight excluding hydrogens is 178 g/mol. The Bertz CT molecular complexity index is 420. The molecule has 0 saturated heterocycles. The zero-order valence-electron chi connectivity index (χ0n) is 8.59. The number of aromatic amines is 1. The molecule has 1 rings (SSSR count). The fraction of sp³-hybridized carbons (Fsp3) is 0.500. The van der Waals surface area contributed by atoms with Gasteiger partial charge >= 0.3 is 0 Å². The fourth-order valence-electron chi connectivity index (χ4n) is 1.05. The zero-order valence-corrected chi connectivity index (χ0v) is 8.59. The third-order valence-corrected chi connectivity index (χ3v) is 1.92. The quantitative estimate of drug-likeness (QED) is 0.723. The molecule has 0 aliphatic heterocycles. The predicted molar refractivity (Wildman–Crippen MR) is 52.9 cm³/mol. The smallest absolute Gasteiger partial charge is 0.268 e. The fourth-order valence-corrected chi connectivity index (χ4v) is 1.05. The summed E-state index contributed by atoms with van der Waals surface area (Å²) in [4.78, 5) is 11.2. The van der Waals surface area contributed by atoms with Crippen molar-refractivity contribution in [1.29, 1.82) is 5.26 Å². The van der Waals surface area contributed by atoms with Crippen molar-refractivity contribution < 1.29 is 0 Å². The molecule has 0 atom stereocenters. The van der Waals surface area contributed by atoms with E-state index in [0.717, 1.165) is 5.69 Å². The lowest BCUT2D eigenvalue weighted by molar-refractivity contribution is 0.555. The molecule has 0 radical (unpaired) electrons. The molecule has 0 amide bonds. The minimum atomic E-state index is -0.278. The zero-order chi connectivity index (χ0) is 10.8. The Kier molecular flexibility index (Phi) is 2.70. The van der Waals surface area contributed by atoms with E-state index in [-0.39, 0.29) is 17.4 Å². The van der Waals surface area contributed by atoms with Gasteiger partial charge in [-0.3, -0.25) is 4.79 Å². The molecular formula is C10H13N3O. The van der Waals surface area contributed by atoms with Crippen LogP contribution in [0.1, 0.15) is 32.0 Å². The largest absolute Gasteiger partial charge is 0.268 e. The van der Waals surface area contributed by atoms with Gasteiger partial charge in [0.05, 0.1) is 18.2 Å². The summed E-state index contributed by atoms with van der Waals surface area (Å²) in [5, 5.41) is 14.9. The van der Waals surface area contributed by atoms with E-state index in [1.165, 1.54) is 0 Å². The first-order chi connectivity index (χ1) is 6.45. The molecule has 4 heteroatoms. The van der Waals surface area contributed by atoms with E-state index in [4.69, 9.17) is 5.26 Å². The summed E-state index contributed by atoms with van der Waals surface area (Å²) in [6, 6.07) is 3.65. The molecule has 0 unspecified atom stereocenters. The average Bonchev–Trinajstić information content (AvgIpc) is 2.07. The molecule has 0 spiro atoms. The first kappa shape index (κ1) is 10.5. The summed E-state index contributed by atoms with van der Waals surface area (Å²) >= 11 is 0. The van der Waals surface area contributed by atoms with E-state index < -0.39 is 0 Å². The van der Waals surface area contributed by atoms with Gasteiger partial charge in [-0.25, -0.2) is 5.10 Å². The van der Waals surface area contributed by atoms with Crippen molar-refractivity contribution in [2.75, 3.05) is 0 Å². The number of rotatable bonds is 1. The van der Waals surface area contributed by atoms with Gasteiger partial charge in [-0.1, -0.05) is 20.8 Å². The van der Waals surface area contributed by atoms with E-state index in [1.54, 1.807) is 6.07 Å². The maximum Gasteiger partial charge on any atom is 0.268 e. The van der Waals surface area contributed by atoms with Crippen LogP contribution in [0.3, 0.4) is 0 Å². The minimum absolute atomic E-state index is 0.117. The second-order valence-electron chi connectivity index (χ2n) is 4.19. The molecule has 0 aromatic carbocycles. The lowest BCUT2D eigenvalue weighted by atomic mass is 9.91. The molecule has 0 fully saturated rings. The molecule has 1 N–H and O–H groups in total. The van der Waals surface area contributed by atoms with Crippen LogP contribution < -0.4 is 5.56 Å². The highest BCUT2D eigenvalue weighted by Crippen LogP contribution is 2.18. The molecule has 4 nitrogen and oxygen atoms in total. The summed E-state index contributed by atoms with van der Waals surface area (Å²) in [7, 11) is 0. The van der Waals surface area contributed by atoms with Crippen molar-refractivity contribution in [1.82, 2.24) is 10.2 Å². The van der Waals surface area contributed by atoms with E-state index in [9.17, 15) is 4.79 Å². The van der Waals surface area contributed by atoms with Gasteiger partial charge < -0.3 is 0 Å². The van der Waals surface area contributed by atoms with Gasteiger partial charge in [0.1, 0.15) is 0 Å². The summed E-state index contributed by atoms with van der Waals surface area (Å²) in [5.74, 6) is 0. The molecule has 1 aromatic heterocycles. The highest BCUT2D eigenvalue weighted by atomic mass is 16.1. The number of H-pyrrole nitrogens is 1. The van der Waals surface area contributed by atoms with Gasteiger partial charge in [0.2, 0.25) is 0 Å². The van der Waals surface area contributed by atoms with Crippen molar-refractivity contribution in [2.45, 2.75) is 32.6 Å². The summed E-state index contributed by atoms with van der Waals surface area (Å²) in [6.07, 6.45) is 0.126. The number of hydrogen-bond acceptors (Lipinski definition) is 3. The Morgan fingerprint density at radius 1 is 1.57 bits per heavy atom. The third kappa shape index (κ3) is 2.19. The SMILES string of the molecule is CC(C)(C)c1cc(CC#N)c(=O)[nH]n1. The molecule has 0 saturated carbocycles. The summed E-state index contributed by atoms with van der Waals surface area (Å²) in [6.45, 7) is 6.01. The first-order valence-corrected chi connectivity index (χ1v) is 4.41. The molecule has 1 aromatic rings. The molecule has 14 heavy (non-hydrogen) atoms. The lowest BCUT2D eigenvalue weighted by Crippen LogP contribution is -2.21. The Morgan fingerprint density at radius 3 is 2.71 bits per heavy atom. The molecule has 74 valence electrons. The van der Waals surface area contributed by atoms with Crippen LogP contribution in [0, 0.1) is 11.3 Å². The summed E-state index contributed by atoms with van der Waals surface area (Å²) in [5.41, 5.74) is 0.878. The minimum Gasteiger partial charge on any atom is -0.268 e. The number of nitrogens with one attached hydrogen (secondary N) is 1. The number of aromatic nitrogens is 2. The van der Waals surface area contributed by atoms with Crippen molar-refractivity contribution in [3.05, 3.63) is 27.7 Å². The van der Waals surface area contributed by atoms with Crippen LogP contribution in [-0.4, -0.2) is 10.2 Å². The van der Waals surface area contributed by atoms with Gasteiger partial charge in [-0.15, -0.1) is 0 Å². The number of hydrogen-bond donors (Lipinski definition) is 1. The van der Waals surface area contributed by atoms with Crippen molar-refractivity contribution >= 4 is 0 Å². The maximum atomic E-state index is 11.2. The normalized spacial score (nSPS) is 11.0. The Hall–Kier alpha value is -1.63. The van der Waals surface area contributed by atoms with Crippen LogP contribution in [-0.2, 0) is 11.8 Å². The Balaban J connectivity index is 3.21. The van der Waals surface area contributed by atoms with Gasteiger partial charge in [-0.05, 0) is 6.07 Å². The molecule has 1 heterocycles. The van der Waals surface area contributed by atoms with Crippen molar-refractivity contribution in [3.63, 3.8) is 0 Å². The van der Waals surface area contributed by atoms with E-state index in [1.807, 2.05) is 26.8 Å². The van der Waals surface area contributed by atoms with Crippen molar-refractivity contribution in [3.8, 4) is 6.07 Å². The van der Waals surface area contributed by atoms with Crippen LogP contribution in [0.25, 0.3) is 0 Å². The van der Waals surface area contributed by atoms with Gasteiger partial charge in [0.25, 0.3) is 5.56 Å². The highest BCUT2D eigenvalue weighted by molar-refractivity contribution is 5.20. The topological polar surface area (TPSA) is 69.5 Å². The van der Waals surface area contributed by atoms with Crippen molar-refractivity contribution in [2.24, 2.45) is 0 Å². The monoisotopic (exact) mass is 191 g/mol. The van der Waals surface area contributed by atoms with Gasteiger partial charge in [-0.2, -0.15) is 10.4 Å². The Labute approximate surface area is 82.6 Å². The number of nitriles is 1. The van der Waals surface area contributed by atoms with Gasteiger partial charge in [0, 0.05) is 11.0 Å². The third-order valence-electron chi connectivity index (χ3n) is 1.92.